The van der Waals surface area contributed by atoms with Crippen LogP contribution in [0.1, 0.15) is 162 Å². The molecule has 0 radical (unpaired) electrons. The molecular weight excluding hydrogens is 356 g/mol. The Morgan fingerprint density at radius 3 is 1.00 bits per heavy atom. The van der Waals surface area contributed by atoms with E-state index in [4.69, 9.17) is 0 Å². The summed E-state index contributed by atoms with van der Waals surface area (Å²) >= 11 is 0. The summed E-state index contributed by atoms with van der Waals surface area (Å²) in [5.74, 6) is -0.666. The first-order valence-electron chi connectivity index (χ1n) is 13.4. The van der Waals surface area contributed by atoms with Gasteiger partial charge in [-0.05, 0) is 12.8 Å². The van der Waals surface area contributed by atoms with Crippen LogP contribution in [-0.2, 0) is 4.79 Å². The Bertz CT molecular complexity index is 326. The van der Waals surface area contributed by atoms with Crippen LogP contribution in [-0.4, -0.2) is 11.1 Å². The minimum absolute atomic E-state index is 0.0943. The number of unbranched alkanes of at least 4 members (excludes halogenated alkanes) is 19. The number of rotatable bonds is 24. The monoisotopic (exact) mass is 410 g/mol. The molecule has 1 N–H and O–H groups in total. The van der Waals surface area contributed by atoms with Gasteiger partial charge in [0.05, 0.1) is 5.92 Å². The van der Waals surface area contributed by atoms with E-state index in [2.05, 4.69) is 13.8 Å². The van der Waals surface area contributed by atoms with Gasteiger partial charge in [-0.1, -0.05) is 149 Å². The normalized spacial score (nSPS) is 12.3. The van der Waals surface area contributed by atoms with Gasteiger partial charge >= 0.3 is 5.97 Å². The number of hydrogen-bond donors (Lipinski definition) is 1. The lowest BCUT2D eigenvalue weighted by molar-refractivity contribution is -0.142. The van der Waals surface area contributed by atoms with Crippen molar-refractivity contribution in [1.29, 1.82) is 0 Å². The van der Waals surface area contributed by atoms with Gasteiger partial charge < -0.3 is 5.11 Å². The standard InChI is InChI=1S/C27H54O2/c1-3-5-7-9-10-11-12-13-14-15-16-17-18-19-20-21-23-25-26(27(28)29)24-22-8-6-4-2/h26H,3-25H2,1-2H3,(H,28,29). The predicted molar refractivity (Wildman–Crippen MR) is 129 cm³/mol. The van der Waals surface area contributed by atoms with Gasteiger partial charge in [-0.15, -0.1) is 0 Å². The van der Waals surface area contributed by atoms with Crippen molar-refractivity contribution in [2.45, 2.75) is 162 Å². The minimum atomic E-state index is -0.571. The second kappa shape index (κ2) is 23.7. The van der Waals surface area contributed by atoms with Crippen LogP contribution in [0, 0.1) is 5.92 Å². The van der Waals surface area contributed by atoms with E-state index in [9.17, 15) is 9.90 Å². The molecule has 0 aliphatic rings. The van der Waals surface area contributed by atoms with E-state index in [1.54, 1.807) is 0 Å². The maximum absolute atomic E-state index is 11.4. The zero-order chi connectivity index (χ0) is 21.4. The van der Waals surface area contributed by atoms with Gasteiger partial charge in [-0.3, -0.25) is 4.79 Å². The van der Waals surface area contributed by atoms with Crippen molar-refractivity contribution in [2.75, 3.05) is 0 Å². The Kier molecular flexibility index (Phi) is 23.3. The van der Waals surface area contributed by atoms with Gasteiger partial charge in [0.2, 0.25) is 0 Å². The predicted octanol–water partition coefficient (Wildman–Crippen LogP) is 9.70. The molecule has 0 aliphatic carbocycles. The summed E-state index contributed by atoms with van der Waals surface area (Å²) in [6, 6.07) is 0. The molecule has 0 saturated heterocycles. The molecule has 0 saturated carbocycles. The lowest BCUT2D eigenvalue weighted by Crippen LogP contribution is -2.13. The lowest BCUT2D eigenvalue weighted by Gasteiger charge is -2.12. The van der Waals surface area contributed by atoms with E-state index in [0.29, 0.717) is 0 Å². The Labute approximate surface area is 183 Å². The molecule has 0 spiro atoms. The second-order valence-electron chi connectivity index (χ2n) is 9.33. The average Bonchev–Trinajstić information content (AvgIpc) is 2.71. The Morgan fingerprint density at radius 2 is 0.724 bits per heavy atom. The fourth-order valence-electron chi connectivity index (χ4n) is 4.32. The highest BCUT2D eigenvalue weighted by atomic mass is 16.4. The third kappa shape index (κ3) is 22.0. The molecular formula is C27H54O2. The highest BCUT2D eigenvalue weighted by Crippen LogP contribution is 2.19. The van der Waals surface area contributed by atoms with Crippen LogP contribution in [0.15, 0.2) is 0 Å². The first-order valence-corrected chi connectivity index (χ1v) is 13.4. The van der Waals surface area contributed by atoms with E-state index >= 15 is 0 Å². The maximum atomic E-state index is 11.4. The molecule has 0 heterocycles. The van der Waals surface area contributed by atoms with Crippen molar-refractivity contribution >= 4 is 5.97 Å². The fourth-order valence-corrected chi connectivity index (χ4v) is 4.32. The fraction of sp³-hybridized carbons (Fsp3) is 0.963. The molecule has 174 valence electrons. The van der Waals surface area contributed by atoms with Crippen LogP contribution in [0.4, 0.5) is 0 Å². The van der Waals surface area contributed by atoms with Crippen molar-refractivity contribution < 1.29 is 9.90 Å². The highest BCUT2D eigenvalue weighted by Gasteiger charge is 2.16. The summed E-state index contributed by atoms with van der Waals surface area (Å²) in [5, 5.41) is 9.36. The van der Waals surface area contributed by atoms with Crippen molar-refractivity contribution in [3.05, 3.63) is 0 Å². The van der Waals surface area contributed by atoms with Crippen molar-refractivity contribution in [3.8, 4) is 0 Å². The smallest absolute Gasteiger partial charge is 0.306 e. The van der Waals surface area contributed by atoms with E-state index in [1.807, 2.05) is 0 Å². The van der Waals surface area contributed by atoms with E-state index in [1.165, 1.54) is 122 Å². The molecule has 2 nitrogen and oxygen atoms in total. The topological polar surface area (TPSA) is 37.3 Å². The van der Waals surface area contributed by atoms with Crippen molar-refractivity contribution in [1.82, 2.24) is 0 Å². The number of carbonyl (C=O) groups is 1. The van der Waals surface area contributed by atoms with Gasteiger partial charge in [-0.25, -0.2) is 0 Å². The molecule has 0 aliphatic heterocycles. The van der Waals surface area contributed by atoms with Gasteiger partial charge in [0.15, 0.2) is 0 Å². The Morgan fingerprint density at radius 1 is 0.483 bits per heavy atom. The number of aliphatic carboxylic acids is 1. The summed E-state index contributed by atoms with van der Waals surface area (Å²) in [5.41, 5.74) is 0. The Hall–Kier alpha value is -0.530. The lowest BCUT2D eigenvalue weighted by atomic mass is 9.94. The SMILES string of the molecule is CCCCCCCCCCCCCCCCCCCC(CCCCCC)C(=O)O. The number of carboxylic acids is 1. The zero-order valence-corrected chi connectivity index (χ0v) is 20.2. The molecule has 1 atom stereocenters. The molecule has 0 bridgehead atoms. The van der Waals surface area contributed by atoms with E-state index in [0.717, 1.165) is 25.7 Å². The summed E-state index contributed by atoms with van der Waals surface area (Å²) in [6.07, 6.45) is 29.9. The van der Waals surface area contributed by atoms with Gasteiger partial charge in [-0.2, -0.15) is 0 Å². The highest BCUT2D eigenvalue weighted by molar-refractivity contribution is 5.69. The first-order chi connectivity index (χ1) is 14.2. The van der Waals surface area contributed by atoms with Gasteiger partial charge in [0, 0.05) is 0 Å². The summed E-state index contributed by atoms with van der Waals surface area (Å²) in [6.45, 7) is 4.49. The molecule has 0 fully saturated rings. The maximum Gasteiger partial charge on any atom is 0.306 e. The Balaban J connectivity index is 3.28. The average molecular weight is 411 g/mol. The zero-order valence-electron chi connectivity index (χ0n) is 20.2. The third-order valence-electron chi connectivity index (χ3n) is 6.41. The molecule has 0 aromatic rings. The first kappa shape index (κ1) is 28.5. The molecule has 0 amide bonds. The largest absolute Gasteiger partial charge is 0.481 e. The summed E-state index contributed by atoms with van der Waals surface area (Å²) in [4.78, 5) is 11.4. The van der Waals surface area contributed by atoms with Crippen LogP contribution in [0.3, 0.4) is 0 Å². The molecule has 1 unspecified atom stereocenters. The van der Waals surface area contributed by atoms with Crippen molar-refractivity contribution in [2.24, 2.45) is 5.92 Å². The van der Waals surface area contributed by atoms with E-state index < -0.39 is 5.97 Å². The number of carboxylic acid groups (broad SMARTS) is 1. The van der Waals surface area contributed by atoms with Crippen LogP contribution in [0.25, 0.3) is 0 Å². The van der Waals surface area contributed by atoms with Crippen molar-refractivity contribution in [3.63, 3.8) is 0 Å². The van der Waals surface area contributed by atoms with Crippen LogP contribution >= 0.6 is 0 Å². The quantitative estimate of drug-likeness (QED) is 0.161. The molecule has 0 aromatic heterocycles. The van der Waals surface area contributed by atoms with Crippen LogP contribution in [0.5, 0.6) is 0 Å². The number of hydrogen-bond acceptors (Lipinski definition) is 1. The molecule has 29 heavy (non-hydrogen) atoms. The van der Waals surface area contributed by atoms with Crippen LogP contribution in [0.2, 0.25) is 0 Å². The summed E-state index contributed by atoms with van der Waals surface area (Å²) in [7, 11) is 0. The molecule has 0 aromatic carbocycles. The van der Waals surface area contributed by atoms with Crippen LogP contribution < -0.4 is 0 Å². The minimum Gasteiger partial charge on any atom is -0.481 e. The van der Waals surface area contributed by atoms with E-state index in [-0.39, 0.29) is 5.92 Å². The molecule has 0 rings (SSSR count). The summed E-state index contributed by atoms with van der Waals surface area (Å²) < 4.78 is 0. The molecule has 2 heteroatoms. The van der Waals surface area contributed by atoms with Gasteiger partial charge in [0.25, 0.3) is 0 Å². The second-order valence-corrected chi connectivity index (χ2v) is 9.33. The third-order valence-corrected chi connectivity index (χ3v) is 6.41. The van der Waals surface area contributed by atoms with Gasteiger partial charge in [0.1, 0.15) is 0 Å².